The van der Waals surface area contributed by atoms with Crippen LogP contribution in [0.15, 0.2) is 24.3 Å². The number of carbonyl (C=O) groups is 1. The molecular formula is C13H17NO3. The lowest BCUT2D eigenvalue weighted by Crippen LogP contribution is -2.26. The molecule has 2 N–H and O–H groups in total. The smallest absolute Gasteiger partial charge is 0.337 e. The molecule has 0 aromatic heterocycles. The largest absolute Gasteiger partial charge is 0.478 e. The van der Waals surface area contributed by atoms with E-state index in [9.17, 15) is 9.90 Å². The summed E-state index contributed by atoms with van der Waals surface area (Å²) < 4.78 is 0. The highest BCUT2D eigenvalue weighted by molar-refractivity contribution is 5.94. The molecule has 4 heteroatoms. The number of rotatable bonds is 2. The molecule has 0 saturated carbocycles. The Morgan fingerprint density at radius 3 is 2.76 bits per heavy atom. The zero-order valence-corrected chi connectivity index (χ0v) is 9.67. The van der Waals surface area contributed by atoms with Gasteiger partial charge in [0.15, 0.2) is 0 Å². The Kier molecular flexibility index (Phi) is 3.64. The second-order valence-corrected chi connectivity index (χ2v) is 4.39. The highest BCUT2D eigenvalue weighted by Gasteiger charge is 2.19. The van der Waals surface area contributed by atoms with E-state index in [0.29, 0.717) is 18.5 Å². The van der Waals surface area contributed by atoms with Crippen molar-refractivity contribution in [3.8, 4) is 0 Å². The first-order chi connectivity index (χ1) is 8.18. The molecule has 1 aromatic rings. The number of aliphatic hydroxyl groups is 1. The summed E-state index contributed by atoms with van der Waals surface area (Å²) >= 11 is 0. The van der Waals surface area contributed by atoms with Crippen molar-refractivity contribution in [3.05, 3.63) is 29.8 Å². The number of anilines is 1. The van der Waals surface area contributed by atoms with Gasteiger partial charge in [-0.2, -0.15) is 0 Å². The number of carboxylic acids is 1. The summed E-state index contributed by atoms with van der Waals surface area (Å²) in [4.78, 5) is 13.2. The first-order valence-electron chi connectivity index (χ1n) is 5.94. The maximum Gasteiger partial charge on any atom is 0.337 e. The number of aromatic carboxylic acids is 1. The number of para-hydroxylation sites is 1. The summed E-state index contributed by atoms with van der Waals surface area (Å²) in [5.41, 5.74) is 1.10. The molecule has 1 aliphatic heterocycles. The zero-order chi connectivity index (χ0) is 12.3. The predicted octanol–water partition coefficient (Wildman–Crippen LogP) is 1.74. The second kappa shape index (κ2) is 5.19. The molecule has 1 fully saturated rings. The second-order valence-electron chi connectivity index (χ2n) is 4.39. The molecular weight excluding hydrogens is 218 g/mol. The summed E-state index contributed by atoms with van der Waals surface area (Å²) in [7, 11) is 0. The van der Waals surface area contributed by atoms with E-state index in [2.05, 4.69) is 4.90 Å². The standard InChI is InChI=1S/C13H17NO3/c15-10-4-3-8-14(9-7-10)12-6-2-1-5-11(12)13(16)17/h1-2,5-6,10,15H,3-4,7-9H2,(H,16,17). The first-order valence-corrected chi connectivity index (χ1v) is 5.94. The Morgan fingerprint density at radius 1 is 1.24 bits per heavy atom. The molecule has 0 radical (unpaired) electrons. The Balaban J connectivity index is 2.24. The average molecular weight is 235 g/mol. The molecule has 1 aliphatic rings. The molecule has 4 nitrogen and oxygen atoms in total. The molecule has 0 bridgehead atoms. The quantitative estimate of drug-likeness (QED) is 0.819. The van der Waals surface area contributed by atoms with Crippen molar-refractivity contribution in [3.63, 3.8) is 0 Å². The minimum atomic E-state index is -0.898. The van der Waals surface area contributed by atoms with Crippen LogP contribution in [0.4, 0.5) is 5.69 Å². The van der Waals surface area contributed by atoms with Crippen LogP contribution in [0.5, 0.6) is 0 Å². The van der Waals surface area contributed by atoms with Crippen LogP contribution in [0, 0.1) is 0 Å². The fourth-order valence-corrected chi connectivity index (χ4v) is 2.25. The maximum atomic E-state index is 11.1. The zero-order valence-electron chi connectivity index (χ0n) is 9.67. The van der Waals surface area contributed by atoms with Crippen LogP contribution >= 0.6 is 0 Å². The summed E-state index contributed by atoms with van der Waals surface area (Å²) in [6, 6.07) is 7.04. The molecule has 1 unspecified atom stereocenters. The fraction of sp³-hybridized carbons (Fsp3) is 0.462. The fourth-order valence-electron chi connectivity index (χ4n) is 2.25. The van der Waals surface area contributed by atoms with Crippen LogP contribution in [-0.2, 0) is 0 Å². The molecule has 1 saturated heterocycles. The van der Waals surface area contributed by atoms with Gasteiger partial charge in [0, 0.05) is 13.1 Å². The van der Waals surface area contributed by atoms with Crippen LogP contribution in [0.1, 0.15) is 29.6 Å². The highest BCUT2D eigenvalue weighted by Crippen LogP contribution is 2.23. The summed E-state index contributed by atoms with van der Waals surface area (Å²) in [6.07, 6.45) is 2.14. The Morgan fingerprint density at radius 2 is 2.00 bits per heavy atom. The molecule has 1 heterocycles. The van der Waals surface area contributed by atoms with E-state index in [4.69, 9.17) is 5.11 Å². The van der Waals surface area contributed by atoms with Gasteiger partial charge < -0.3 is 15.1 Å². The van der Waals surface area contributed by atoms with Gasteiger partial charge in [-0.1, -0.05) is 12.1 Å². The van der Waals surface area contributed by atoms with E-state index in [1.807, 2.05) is 12.1 Å². The van der Waals surface area contributed by atoms with E-state index in [1.165, 1.54) is 0 Å². The van der Waals surface area contributed by atoms with E-state index >= 15 is 0 Å². The predicted molar refractivity (Wildman–Crippen MR) is 65.5 cm³/mol. The molecule has 1 atom stereocenters. The van der Waals surface area contributed by atoms with Gasteiger partial charge in [0.25, 0.3) is 0 Å². The van der Waals surface area contributed by atoms with Crippen molar-refractivity contribution in [2.24, 2.45) is 0 Å². The van der Waals surface area contributed by atoms with Crippen LogP contribution in [0.2, 0.25) is 0 Å². The van der Waals surface area contributed by atoms with Gasteiger partial charge in [0.1, 0.15) is 0 Å². The molecule has 92 valence electrons. The molecule has 0 spiro atoms. The number of hydrogen-bond donors (Lipinski definition) is 2. The van der Waals surface area contributed by atoms with Gasteiger partial charge in [-0.25, -0.2) is 4.79 Å². The summed E-state index contributed by atoms with van der Waals surface area (Å²) in [5, 5.41) is 18.7. The average Bonchev–Trinajstić information content (AvgIpc) is 2.54. The highest BCUT2D eigenvalue weighted by atomic mass is 16.4. The molecule has 0 aliphatic carbocycles. The number of benzene rings is 1. The van der Waals surface area contributed by atoms with Gasteiger partial charge in [-0.15, -0.1) is 0 Å². The van der Waals surface area contributed by atoms with Crippen molar-refractivity contribution in [2.45, 2.75) is 25.4 Å². The minimum Gasteiger partial charge on any atom is -0.478 e. The molecule has 0 amide bonds. The van der Waals surface area contributed by atoms with Gasteiger partial charge in [0.2, 0.25) is 0 Å². The van der Waals surface area contributed by atoms with E-state index in [1.54, 1.807) is 12.1 Å². The maximum absolute atomic E-state index is 11.1. The van der Waals surface area contributed by atoms with Crippen molar-refractivity contribution in [1.29, 1.82) is 0 Å². The third kappa shape index (κ3) is 2.77. The van der Waals surface area contributed by atoms with Gasteiger partial charge in [0.05, 0.1) is 17.4 Å². The van der Waals surface area contributed by atoms with Gasteiger partial charge in [-0.05, 0) is 31.4 Å². The number of aliphatic hydroxyl groups excluding tert-OH is 1. The van der Waals surface area contributed by atoms with Gasteiger partial charge >= 0.3 is 5.97 Å². The lowest BCUT2D eigenvalue weighted by Gasteiger charge is -2.24. The van der Waals surface area contributed by atoms with Crippen LogP contribution in [-0.4, -0.2) is 35.4 Å². The lowest BCUT2D eigenvalue weighted by atomic mass is 10.1. The Hall–Kier alpha value is -1.55. The van der Waals surface area contributed by atoms with Crippen LogP contribution < -0.4 is 4.90 Å². The first kappa shape index (κ1) is 11.9. The molecule has 2 rings (SSSR count). The Labute approximate surface area is 100 Å². The lowest BCUT2D eigenvalue weighted by molar-refractivity contribution is 0.0697. The SMILES string of the molecule is O=C(O)c1ccccc1N1CCCC(O)CC1. The normalized spacial score (nSPS) is 21.0. The number of hydrogen-bond acceptors (Lipinski definition) is 3. The number of carboxylic acid groups (broad SMARTS) is 1. The van der Waals surface area contributed by atoms with E-state index in [0.717, 1.165) is 25.1 Å². The Bertz CT molecular complexity index is 405. The van der Waals surface area contributed by atoms with Gasteiger partial charge in [-0.3, -0.25) is 0 Å². The third-order valence-electron chi connectivity index (χ3n) is 3.17. The number of nitrogens with zero attached hydrogens (tertiary/aromatic N) is 1. The van der Waals surface area contributed by atoms with Crippen LogP contribution in [0.25, 0.3) is 0 Å². The van der Waals surface area contributed by atoms with Crippen molar-refractivity contribution in [1.82, 2.24) is 0 Å². The molecule has 1 aromatic carbocycles. The molecule has 17 heavy (non-hydrogen) atoms. The van der Waals surface area contributed by atoms with Crippen LogP contribution in [0.3, 0.4) is 0 Å². The van der Waals surface area contributed by atoms with Crippen molar-refractivity contribution < 1.29 is 15.0 Å². The van der Waals surface area contributed by atoms with Crippen molar-refractivity contribution in [2.75, 3.05) is 18.0 Å². The third-order valence-corrected chi connectivity index (χ3v) is 3.17. The van der Waals surface area contributed by atoms with Crippen molar-refractivity contribution >= 4 is 11.7 Å². The minimum absolute atomic E-state index is 0.253. The summed E-state index contributed by atoms with van der Waals surface area (Å²) in [5.74, 6) is -0.898. The summed E-state index contributed by atoms with van der Waals surface area (Å²) in [6.45, 7) is 1.52. The topological polar surface area (TPSA) is 60.8 Å². The van der Waals surface area contributed by atoms with E-state index < -0.39 is 5.97 Å². The van der Waals surface area contributed by atoms with E-state index in [-0.39, 0.29) is 6.10 Å². The monoisotopic (exact) mass is 235 g/mol.